The maximum atomic E-state index is 11.2. The van der Waals surface area contributed by atoms with E-state index in [9.17, 15) is 4.79 Å². The van der Waals surface area contributed by atoms with Crippen molar-refractivity contribution < 1.29 is 9.53 Å². The second-order valence-corrected chi connectivity index (χ2v) is 9.37. The molecule has 3 aromatic rings. The van der Waals surface area contributed by atoms with Gasteiger partial charge in [0.15, 0.2) is 0 Å². The molecule has 4 rings (SSSR count). The molecule has 0 aliphatic carbocycles. The van der Waals surface area contributed by atoms with E-state index < -0.39 is 0 Å². The molecule has 152 valence electrons. The van der Waals surface area contributed by atoms with Crippen LogP contribution >= 0.6 is 23.1 Å². The summed E-state index contributed by atoms with van der Waals surface area (Å²) in [7, 11) is 0. The number of nitrogens with one attached hydrogen (secondary N) is 1. The first-order valence-corrected chi connectivity index (χ1v) is 11.2. The van der Waals surface area contributed by atoms with E-state index in [1.165, 1.54) is 17.4 Å². The Morgan fingerprint density at radius 1 is 1.21 bits per heavy atom. The van der Waals surface area contributed by atoms with Crippen LogP contribution in [0.5, 0.6) is 0 Å². The molecule has 3 heterocycles. The lowest BCUT2D eigenvalue weighted by molar-refractivity contribution is -0.114. The highest BCUT2D eigenvalue weighted by Gasteiger charge is 2.18. The summed E-state index contributed by atoms with van der Waals surface area (Å²) in [4.78, 5) is 26.8. The summed E-state index contributed by atoms with van der Waals surface area (Å²) >= 11 is 3.38. The van der Waals surface area contributed by atoms with Crippen LogP contribution in [0.3, 0.4) is 0 Å². The van der Waals surface area contributed by atoms with Crippen LogP contribution in [0, 0.1) is 13.8 Å². The molecule has 0 atom stereocenters. The first-order valence-electron chi connectivity index (χ1n) is 9.62. The molecule has 1 fully saturated rings. The maximum absolute atomic E-state index is 11.2. The number of amides is 1. The predicted molar refractivity (Wildman–Crippen MR) is 118 cm³/mol. The van der Waals surface area contributed by atoms with Gasteiger partial charge in [0.25, 0.3) is 0 Å². The Morgan fingerprint density at radius 2 is 1.93 bits per heavy atom. The van der Waals surface area contributed by atoms with Crippen molar-refractivity contribution in [3.05, 3.63) is 40.5 Å². The Labute approximate surface area is 178 Å². The first kappa shape index (κ1) is 20.3. The summed E-state index contributed by atoms with van der Waals surface area (Å²) in [6.45, 7) is 9.89. The number of morpholine rings is 1. The Morgan fingerprint density at radius 3 is 2.62 bits per heavy atom. The molecule has 1 N–H and O–H groups in total. The van der Waals surface area contributed by atoms with Crippen LogP contribution in [0.25, 0.3) is 10.2 Å². The number of nitrogens with zero attached hydrogens (tertiary/aromatic N) is 3. The number of carbonyl (C=O) groups is 1. The largest absolute Gasteiger partial charge is 0.379 e. The van der Waals surface area contributed by atoms with E-state index in [2.05, 4.69) is 24.1 Å². The smallest absolute Gasteiger partial charge is 0.221 e. The Hall–Kier alpha value is -2.00. The van der Waals surface area contributed by atoms with Crippen LogP contribution in [0.1, 0.15) is 23.2 Å². The van der Waals surface area contributed by atoms with Gasteiger partial charge in [-0.2, -0.15) is 0 Å². The van der Waals surface area contributed by atoms with Gasteiger partial charge in [0.05, 0.1) is 19.8 Å². The van der Waals surface area contributed by atoms with Crippen molar-refractivity contribution in [3.8, 4) is 0 Å². The third-order valence-electron chi connectivity index (χ3n) is 4.90. The number of aryl methyl sites for hydroxylation is 2. The minimum absolute atomic E-state index is 0.0694. The van der Waals surface area contributed by atoms with Crippen LogP contribution in [0.4, 0.5) is 5.69 Å². The third-order valence-corrected chi connectivity index (χ3v) is 7.00. The predicted octanol–water partition coefficient (Wildman–Crippen LogP) is 4.25. The summed E-state index contributed by atoms with van der Waals surface area (Å²) in [5, 5.41) is 4.94. The number of ether oxygens (including phenoxy) is 1. The molecule has 1 aliphatic rings. The van der Waals surface area contributed by atoms with Crippen molar-refractivity contribution in [2.24, 2.45) is 0 Å². The van der Waals surface area contributed by atoms with E-state index in [0.717, 1.165) is 64.5 Å². The van der Waals surface area contributed by atoms with Gasteiger partial charge in [-0.3, -0.25) is 9.69 Å². The minimum atomic E-state index is -0.0694. The van der Waals surface area contributed by atoms with E-state index in [4.69, 9.17) is 14.7 Å². The van der Waals surface area contributed by atoms with Crippen molar-refractivity contribution in [2.75, 3.05) is 31.6 Å². The van der Waals surface area contributed by atoms with E-state index >= 15 is 0 Å². The van der Waals surface area contributed by atoms with E-state index in [-0.39, 0.29) is 5.91 Å². The SMILES string of the molecule is CC(=O)Nc1ccc(Sc2nc(CN3CCOCC3)nc3sc(C)c(C)c23)cc1. The Balaban J connectivity index is 1.64. The average molecular weight is 429 g/mol. The van der Waals surface area contributed by atoms with Crippen molar-refractivity contribution in [2.45, 2.75) is 37.2 Å². The molecule has 1 amide bonds. The van der Waals surface area contributed by atoms with Gasteiger partial charge in [-0.05, 0) is 43.7 Å². The maximum Gasteiger partial charge on any atom is 0.221 e. The summed E-state index contributed by atoms with van der Waals surface area (Å²) in [6, 6.07) is 7.87. The van der Waals surface area contributed by atoms with Crippen molar-refractivity contribution in [1.82, 2.24) is 14.9 Å². The Kier molecular flexibility index (Phi) is 6.15. The minimum Gasteiger partial charge on any atom is -0.379 e. The molecule has 1 aliphatic heterocycles. The second-order valence-electron chi connectivity index (χ2n) is 7.10. The molecule has 1 saturated heterocycles. The van der Waals surface area contributed by atoms with E-state index in [0.29, 0.717) is 0 Å². The molecule has 0 saturated carbocycles. The lowest BCUT2D eigenvalue weighted by atomic mass is 10.2. The molecule has 8 heteroatoms. The highest BCUT2D eigenvalue weighted by Crippen LogP contribution is 2.38. The van der Waals surface area contributed by atoms with Crippen molar-refractivity contribution in [3.63, 3.8) is 0 Å². The number of thiophene rings is 1. The molecule has 0 radical (unpaired) electrons. The zero-order chi connectivity index (χ0) is 20.4. The fourth-order valence-corrected chi connectivity index (χ4v) is 5.39. The summed E-state index contributed by atoms with van der Waals surface area (Å²) in [5.41, 5.74) is 2.05. The molecule has 1 aromatic carbocycles. The number of anilines is 1. The summed E-state index contributed by atoms with van der Waals surface area (Å²) in [6.07, 6.45) is 0. The lowest BCUT2D eigenvalue weighted by Gasteiger charge is -2.25. The van der Waals surface area contributed by atoms with Crippen LogP contribution < -0.4 is 5.32 Å². The van der Waals surface area contributed by atoms with Gasteiger partial charge in [-0.1, -0.05) is 11.8 Å². The number of benzene rings is 1. The number of hydrogen-bond donors (Lipinski definition) is 1. The standard InChI is InChI=1S/C21H24N4O2S2/c1-13-14(2)28-20-19(13)21(24-18(23-20)12-25-8-10-27-11-9-25)29-17-6-4-16(5-7-17)22-15(3)26/h4-7H,8-12H2,1-3H3,(H,22,26). The molecule has 29 heavy (non-hydrogen) atoms. The van der Waals surface area contributed by atoms with Crippen molar-refractivity contribution in [1.29, 1.82) is 0 Å². The number of rotatable bonds is 5. The highest BCUT2D eigenvalue weighted by molar-refractivity contribution is 7.99. The summed E-state index contributed by atoms with van der Waals surface area (Å²) < 4.78 is 5.45. The molecule has 0 spiro atoms. The third kappa shape index (κ3) is 4.78. The molecule has 2 aromatic heterocycles. The number of carbonyl (C=O) groups excluding carboxylic acids is 1. The lowest BCUT2D eigenvalue weighted by Crippen LogP contribution is -2.36. The van der Waals surface area contributed by atoms with E-state index in [1.54, 1.807) is 23.1 Å². The fourth-order valence-electron chi connectivity index (χ4n) is 3.28. The molecular weight excluding hydrogens is 404 g/mol. The molecule has 0 bridgehead atoms. The van der Waals surface area contributed by atoms with Gasteiger partial charge in [0.2, 0.25) is 5.91 Å². The average Bonchev–Trinajstić information content (AvgIpc) is 2.98. The van der Waals surface area contributed by atoms with Crippen LogP contribution in [-0.4, -0.2) is 47.1 Å². The van der Waals surface area contributed by atoms with Gasteiger partial charge in [-0.25, -0.2) is 9.97 Å². The zero-order valence-corrected chi connectivity index (χ0v) is 18.5. The van der Waals surface area contributed by atoms with Crippen LogP contribution in [-0.2, 0) is 16.1 Å². The fraction of sp³-hybridized carbons (Fsp3) is 0.381. The highest BCUT2D eigenvalue weighted by atomic mass is 32.2. The second kappa shape index (κ2) is 8.79. The van der Waals surface area contributed by atoms with Crippen LogP contribution in [0.2, 0.25) is 0 Å². The molecular formula is C21H24N4O2S2. The van der Waals surface area contributed by atoms with Crippen molar-refractivity contribution >= 4 is 44.9 Å². The van der Waals surface area contributed by atoms with Gasteiger partial charge >= 0.3 is 0 Å². The molecule has 6 nitrogen and oxygen atoms in total. The monoisotopic (exact) mass is 428 g/mol. The first-order chi connectivity index (χ1) is 14.0. The molecule has 0 unspecified atom stereocenters. The van der Waals surface area contributed by atoms with Crippen LogP contribution in [0.15, 0.2) is 34.2 Å². The van der Waals surface area contributed by atoms with Gasteiger partial charge in [0, 0.05) is 40.9 Å². The summed E-state index contributed by atoms with van der Waals surface area (Å²) in [5.74, 6) is 0.790. The number of aromatic nitrogens is 2. The topological polar surface area (TPSA) is 67.4 Å². The quantitative estimate of drug-likeness (QED) is 0.613. The van der Waals surface area contributed by atoms with Gasteiger partial charge < -0.3 is 10.1 Å². The normalized spacial score (nSPS) is 15.0. The Bertz CT molecular complexity index is 1030. The number of fused-ring (bicyclic) bond motifs is 1. The van der Waals surface area contributed by atoms with Gasteiger partial charge in [0.1, 0.15) is 15.7 Å². The number of hydrogen-bond acceptors (Lipinski definition) is 7. The van der Waals surface area contributed by atoms with E-state index in [1.807, 2.05) is 24.3 Å². The van der Waals surface area contributed by atoms with Gasteiger partial charge in [-0.15, -0.1) is 11.3 Å². The zero-order valence-electron chi connectivity index (χ0n) is 16.8.